The number of aromatic nitrogens is 2. The standard InChI is InChI=1S/C23H18N2O/c26-23-19-11-5-7-13-21(19)25-20-12-6-4-10-17(20)18(22(25)24-23)15-14-16-8-2-1-3-9-16/h1-13H,14-15H2,(H,24,26). The second kappa shape index (κ2) is 5.88. The van der Waals surface area contributed by atoms with Crippen LogP contribution >= 0.6 is 0 Å². The van der Waals surface area contributed by atoms with Crippen LogP contribution in [0.3, 0.4) is 0 Å². The van der Waals surface area contributed by atoms with Crippen molar-refractivity contribution in [1.82, 2.24) is 9.38 Å². The Kier molecular flexibility index (Phi) is 3.39. The van der Waals surface area contributed by atoms with Crippen LogP contribution in [0.25, 0.3) is 27.5 Å². The third-order valence-corrected chi connectivity index (χ3v) is 5.11. The Morgan fingerprint density at radius 2 is 1.31 bits per heavy atom. The molecule has 2 heterocycles. The quantitative estimate of drug-likeness (QED) is 0.508. The highest BCUT2D eigenvalue weighted by molar-refractivity contribution is 5.96. The normalized spacial score (nSPS) is 11.5. The Hall–Kier alpha value is -3.33. The van der Waals surface area contributed by atoms with E-state index in [4.69, 9.17) is 0 Å². The summed E-state index contributed by atoms with van der Waals surface area (Å²) in [5, 5.41) is 1.92. The van der Waals surface area contributed by atoms with Gasteiger partial charge in [-0.15, -0.1) is 0 Å². The van der Waals surface area contributed by atoms with Gasteiger partial charge in [0.1, 0.15) is 5.65 Å². The molecule has 3 nitrogen and oxygen atoms in total. The predicted octanol–water partition coefficient (Wildman–Crippen LogP) is 4.72. The number of nitrogens with one attached hydrogen (secondary N) is 1. The van der Waals surface area contributed by atoms with Gasteiger partial charge < -0.3 is 4.98 Å². The van der Waals surface area contributed by atoms with Gasteiger partial charge in [-0.3, -0.25) is 9.20 Å². The molecule has 0 saturated carbocycles. The fourth-order valence-electron chi connectivity index (χ4n) is 3.89. The van der Waals surface area contributed by atoms with Crippen molar-refractivity contribution in [2.24, 2.45) is 0 Å². The van der Waals surface area contributed by atoms with E-state index in [0.717, 1.165) is 34.9 Å². The summed E-state index contributed by atoms with van der Waals surface area (Å²) in [6, 6.07) is 26.7. The summed E-state index contributed by atoms with van der Waals surface area (Å²) in [5.74, 6) is 0. The topological polar surface area (TPSA) is 37.3 Å². The molecular weight excluding hydrogens is 320 g/mol. The first kappa shape index (κ1) is 15.0. The number of aromatic amines is 1. The minimum absolute atomic E-state index is 0.0307. The monoisotopic (exact) mass is 338 g/mol. The van der Waals surface area contributed by atoms with E-state index in [0.29, 0.717) is 0 Å². The van der Waals surface area contributed by atoms with Crippen molar-refractivity contribution in [3.63, 3.8) is 0 Å². The van der Waals surface area contributed by atoms with E-state index in [1.165, 1.54) is 16.5 Å². The van der Waals surface area contributed by atoms with E-state index in [1.54, 1.807) is 0 Å². The van der Waals surface area contributed by atoms with Crippen LogP contribution in [0.4, 0.5) is 0 Å². The van der Waals surface area contributed by atoms with Crippen LogP contribution in [-0.2, 0) is 12.8 Å². The van der Waals surface area contributed by atoms with Crippen LogP contribution in [0.5, 0.6) is 0 Å². The van der Waals surface area contributed by atoms with Crippen LogP contribution in [0.1, 0.15) is 11.1 Å². The van der Waals surface area contributed by atoms with Gasteiger partial charge in [0.25, 0.3) is 5.56 Å². The number of aryl methyl sites for hydroxylation is 2. The van der Waals surface area contributed by atoms with E-state index in [2.05, 4.69) is 57.9 Å². The van der Waals surface area contributed by atoms with Crippen molar-refractivity contribution >= 4 is 27.5 Å². The van der Waals surface area contributed by atoms with Crippen molar-refractivity contribution in [2.45, 2.75) is 12.8 Å². The fourth-order valence-corrected chi connectivity index (χ4v) is 3.89. The Bertz CT molecular complexity index is 1300. The molecule has 26 heavy (non-hydrogen) atoms. The number of fused-ring (bicyclic) bond motifs is 5. The minimum atomic E-state index is -0.0307. The molecule has 126 valence electrons. The largest absolute Gasteiger partial charge is 0.307 e. The molecule has 0 aliphatic carbocycles. The summed E-state index contributed by atoms with van der Waals surface area (Å²) < 4.78 is 2.19. The number of para-hydroxylation sites is 2. The number of benzene rings is 3. The van der Waals surface area contributed by atoms with Crippen molar-refractivity contribution in [1.29, 1.82) is 0 Å². The highest BCUT2D eigenvalue weighted by atomic mass is 16.1. The Labute approximate surface area is 150 Å². The van der Waals surface area contributed by atoms with Gasteiger partial charge in [0.05, 0.1) is 16.4 Å². The molecule has 2 aromatic heterocycles. The molecule has 5 rings (SSSR count). The van der Waals surface area contributed by atoms with Crippen LogP contribution in [0.15, 0.2) is 83.7 Å². The predicted molar refractivity (Wildman–Crippen MR) is 107 cm³/mol. The summed E-state index contributed by atoms with van der Waals surface area (Å²) in [7, 11) is 0. The molecular formula is C23H18N2O. The highest BCUT2D eigenvalue weighted by Gasteiger charge is 2.15. The molecule has 3 aromatic carbocycles. The Morgan fingerprint density at radius 3 is 2.08 bits per heavy atom. The smallest absolute Gasteiger partial charge is 0.258 e. The van der Waals surface area contributed by atoms with E-state index in [-0.39, 0.29) is 5.56 Å². The summed E-state index contributed by atoms with van der Waals surface area (Å²) >= 11 is 0. The van der Waals surface area contributed by atoms with Gasteiger partial charge >= 0.3 is 0 Å². The first-order chi connectivity index (χ1) is 12.8. The summed E-state index contributed by atoms with van der Waals surface area (Å²) in [5.41, 5.74) is 5.47. The van der Waals surface area contributed by atoms with E-state index < -0.39 is 0 Å². The summed E-state index contributed by atoms with van der Waals surface area (Å²) in [6.45, 7) is 0. The minimum Gasteiger partial charge on any atom is -0.307 e. The first-order valence-electron chi connectivity index (χ1n) is 8.90. The van der Waals surface area contributed by atoms with E-state index in [9.17, 15) is 4.79 Å². The van der Waals surface area contributed by atoms with Crippen molar-refractivity contribution in [3.05, 3.63) is 100 Å². The molecule has 3 heteroatoms. The van der Waals surface area contributed by atoms with Gasteiger partial charge in [0.15, 0.2) is 0 Å². The summed E-state index contributed by atoms with van der Waals surface area (Å²) in [6.07, 6.45) is 1.83. The molecule has 0 unspecified atom stereocenters. The number of H-pyrrole nitrogens is 1. The molecule has 0 fully saturated rings. The van der Waals surface area contributed by atoms with Crippen molar-refractivity contribution < 1.29 is 0 Å². The molecule has 0 aliphatic rings. The van der Waals surface area contributed by atoms with Crippen LogP contribution in [0.2, 0.25) is 0 Å². The van der Waals surface area contributed by atoms with Gasteiger partial charge in [-0.05, 0) is 36.6 Å². The number of hydrogen-bond acceptors (Lipinski definition) is 1. The zero-order valence-corrected chi connectivity index (χ0v) is 14.3. The van der Waals surface area contributed by atoms with Crippen LogP contribution in [-0.4, -0.2) is 9.38 Å². The maximum atomic E-state index is 12.6. The van der Waals surface area contributed by atoms with Gasteiger partial charge in [-0.1, -0.05) is 60.7 Å². The van der Waals surface area contributed by atoms with Gasteiger partial charge in [0.2, 0.25) is 0 Å². The van der Waals surface area contributed by atoms with Gasteiger partial charge in [0, 0.05) is 10.9 Å². The zero-order valence-electron chi connectivity index (χ0n) is 14.3. The molecule has 0 radical (unpaired) electrons. The van der Waals surface area contributed by atoms with Gasteiger partial charge in [-0.2, -0.15) is 0 Å². The molecule has 0 amide bonds. The number of nitrogens with zero attached hydrogens (tertiary/aromatic N) is 1. The van der Waals surface area contributed by atoms with Crippen molar-refractivity contribution in [3.8, 4) is 0 Å². The highest BCUT2D eigenvalue weighted by Crippen LogP contribution is 2.29. The molecule has 1 N–H and O–H groups in total. The van der Waals surface area contributed by atoms with E-state index in [1.807, 2.05) is 30.3 Å². The Balaban J connectivity index is 1.80. The number of rotatable bonds is 3. The maximum absolute atomic E-state index is 12.6. The summed E-state index contributed by atoms with van der Waals surface area (Å²) in [4.78, 5) is 15.8. The second-order valence-corrected chi connectivity index (χ2v) is 6.64. The third-order valence-electron chi connectivity index (χ3n) is 5.11. The molecule has 0 bridgehead atoms. The second-order valence-electron chi connectivity index (χ2n) is 6.64. The lowest BCUT2D eigenvalue weighted by Gasteiger charge is -2.05. The fraction of sp³-hybridized carbons (Fsp3) is 0.0870. The lowest BCUT2D eigenvalue weighted by atomic mass is 10.0. The molecule has 0 atom stereocenters. The first-order valence-corrected chi connectivity index (χ1v) is 8.90. The van der Waals surface area contributed by atoms with Crippen LogP contribution in [0, 0.1) is 0 Å². The van der Waals surface area contributed by atoms with Crippen molar-refractivity contribution in [2.75, 3.05) is 0 Å². The van der Waals surface area contributed by atoms with Crippen LogP contribution < -0.4 is 5.56 Å². The third kappa shape index (κ3) is 2.25. The average Bonchev–Trinajstić information content (AvgIpc) is 3.01. The number of hydrogen-bond donors (Lipinski definition) is 1. The SMILES string of the molecule is O=c1[nH]c2c(CCc3ccccc3)c3ccccc3n2c2ccccc12. The molecule has 0 spiro atoms. The molecule has 5 aromatic rings. The Morgan fingerprint density at radius 1 is 0.692 bits per heavy atom. The molecule has 0 saturated heterocycles. The molecule has 0 aliphatic heterocycles. The lowest BCUT2D eigenvalue weighted by molar-refractivity contribution is 0.968. The lowest BCUT2D eigenvalue weighted by Crippen LogP contribution is -2.10. The zero-order chi connectivity index (χ0) is 17.5. The average molecular weight is 338 g/mol. The maximum Gasteiger partial charge on any atom is 0.258 e. The van der Waals surface area contributed by atoms with E-state index >= 15 is 0 Å². The van der Waals surface area contributed by atoms with Gasteiger partial charge in [-0.25, -0.2) is 0 Å².